The number of nitrogens with one attached hydrogen (secondary N) is 2. The summed E-state index contributed by atoms with van der Waals surface area (Å²) in [7, 11) is 0. The molecule has 0 bridgehead atoms. The number of halogens is 2. The molecule has 1 aromatic heterocycles. The Morgan fingerprint density at radius 2 is 1.58 bits per heavy atom. The van der Waals surface area contributed by atoms with Gasteiger partial charge in [-0.15, -0.1) is 0 Å². The molecule has 0 saturated heterocycles. The van der Waals surface area contributed by atoms with Crippen LogP contribution in [0.25, 0.3) is 10.9 Å². The Morgan fingerprint density at radius 1 is 0.917 bits per heavy atom. The largest absolute Gasteiger partial charge is 0.508 e. The average molecular weight is 489 g/mol. The Morgan fingerprint density at radius 3 is 2.25 bits per heavy atom. The molecular formula is C27H21F2N3O4. The molecule has 0 spiro atoms. The summed E-state index contributed by atoms with van der Waals surface area (Å²) in [5, 5.41) is 15.8. The van der Waals surface area contributed by atoms with Gasteiger partial charge in [-0.1, -0.05) is 0 Å². The maximum Gasteiger partial charge on any atom is 0.240 e. The summed E-state index contributed by atoms with van der Waals surface area (Å²) in [6, 6.07) is 13.9. The van der Waals surface area contributed by atoms with Crippen molar-refractivity contribution in [2.75, 3.05) is 10.6 Å². The molecule has 4 aromatic rings. The Hall–Kier alpha value is -4.53. The molecule has 0 unspecified atom stereocenters. The van der Waals surface area contributed by atoms with E-state index in [1.54, 1.807) is 19.1 Å². The van der Waals surface area contributed by atoms with Crippen molar-refractivity contribution in [1.82, 2.24) is 4.98 Å². The summed E-state index contributed by atoms with van der Waals surface area (Å²) in [6.45, 7) is 1.74. The van der Waals surface area contributed by atoms with Crippen molar-refractivity contribution in [3.63, 3.8) is 0 Å². The minimum Gasteiger partial charge on any atom is -0.508 e. The van der Waals surface area contributed by atoms with E-state index in [-0.39, 0.29) is 17.2 Å². The zero-order valence-electron chi connectivity index (χ0n) is 19.1. The molecule has 36 heavy (non-hydrogen) atoms. The predicted molar refractivity (Wildman–Crippen MR) is 130 cm³/mol. The number of amides is 2. The number of nitrogens with zero attached hydrogens (tertiary/aromatic N) is 1. The maximum absolute atomic E-state index is 14.9. The van der Waals surface area contributed by atoms with Gasteiger partial charge in [0.15, 0.2) is 11.6 Å². The van der Waals surface area contributed by atoms with Gasteiger partial charge >= 0.3 is 0 Å². The molecule has 1 saturated carbocycles. The lowest BCUT2D eigenvalue weighted by Gasteiger charge is -2.16. The van der Waals surface area contributed by atoms with E-state index in [0.717, 1.165) is 6.07 Å². The summed E-state index contributed by atoms with van der Waals surface area (Å²) in [4.78, 5) is 29.8. The van der Waals surface area contributed by atoms with Crippen molar-refractivity contribution in [3.8, 4) is 17.2 Å². The van der Waals surface area contributed by atoms with Crippen LogP contribution in [0.4, 0.5) is 20.2 Å². The highest BCUT2D eigenvalue weighted by molar-refractivity contribution is 6.16. The number of carbonyl (C=O) groups excluding carboxylic acids is 2. The van der Waals surface area contributed by atoms with Crippen LogP contribution in [0, 0.1) is 24.0 Å². The zero-order valence-corrected chi connectivity index (χ0v) is 19.1. The van der Waals surface area contributed by atoms with Crippen LogP contribution in [-0.2, 0) is 9.59 Å². The molecule has 1 heterocycles. The fourth-order valence-corrected chi connectivity index (χ4v) is 3.85. The van der Waals surface area contributed by atoms with Gasteiger partial charge in [0, 0.05) is 29.0 Å². The number of aromatic nitrogens is 1. The number of phenolic OH excluding ortho intramolecular Hbond substituents is 1. The number of rotatable bonds is 6. The molecule has 5 rings (SSSR count). The number of fused-ring (bicyclic) bond motifs is 1. The summed E-state index contributed by atoms with van der Waals surface area (Å²) >= 11 is 0. The second kappa shape index (κ2) is 8.92. The number of benzene rings is 3. The molecule has 1 fully saturated rings. The van der Waals surface area contributed by atoms with Crippen molar-refractivity contribution in [1.29, 1.82) is 0 Å². The highest BCUT2D eigenvalue weighted by atomic mass is 19.1. The maximum atomic E-state index is 14.9. The molecule has 3 aromatic carbocycles. The van der Waals surface area contributed by atoms with E-state index in [1.807, 2.05) is 0 Å². The van der Waals surface area contributed by atoms with Crippen molar-refractivity contribution in [2.24, 2.45) is 5.41 Å². The monoisotopic (exact) mass is 489 g/mol. The van der Waals surface area contributed by atoms with Crippen LogP contribution < -0.4 is 15.4 Å². The summed E-state index contributed by atoms with van der Waals surface area (Å²) < 4.78 is 33.7. The highest BCUT2D eigenvalue weighted by Crippen LogP contribution is 2.47. The smallest absolute Gasteiger partial charge is 0.240 e. The van der Waals surface area contributed by atoms with Crippen molar-refractivity contribution < 1.29 is 28.2 Å². The van der Waals surface area contributed by atoms with Gasteiger partial charge < -0.3 is 20.5 Å². The second-order valence-corrected chi connectivity index (χ2v) is 8.71. The summed E-state index contributed by atoms with van der Waals surface area (Å²) in [5.74, 6) is -1.94. The Kier molecular flexibility index (Phi) is 5.75. The normalized spacial score (nSPS) is 13.8. The summed E-state index contributed by atoms with van der Waals surface area (Å²) in [5.41, 5.74) is 0.508. The van der Waals surface area contributed by atoms with Gasteiger partial charge in [0.25, 0.3) is 0 Å². The number of carbonyl (C=O) groups is 2. The number of pyridine rings is 1. The average Bonchev–Trinajstić information content (AvgIpc) is 3.66. The quantitative estimate of drug-likeness (QED) is 0.303. The molecule has 3 N–H and O–H groups in total. The number of hydrogen-bond donors (Lipinski definition) is 3. The van der Waals surface area contributed by atoms with Gasteiger partial charge in [-0.05, 0) is 79.9 Å². The zero-order chi connectivity index (χ0) is 25.4. The SMILES string of the molecule is Cc1cc2nccc(Oc3ccc(NC(=O)C4(C(=O)Nc5ccc(F)cc5)CC4)cc3F)c2cc1O. The van der Waals surface area contributed by atoms with Crippen LogP contribution in [0.15, 0.2) is 66.9 Å². The molecule has 2 amide bonds. The van der Waals surface area contributed by atoms with Gasteiger partial charge in [-0.3, -0.25) is 14.6 Å². The van der Waals surface area contributed by atoms with E-state index in [2.05, 4.69) is 15.6 Å². The molecule has 182 valence electrons. The van der Waals surface area contributed by atoms with Crippen LogP contribution in [0.2, 0.25) is 0 Å². The fourth-order valence-electron chi connectivity index (χ4n) is 3.85. The Bertz CT molecular complexity index is 1500. The summed E-state index contributed by atoms with van der Waals surface area (Å²) in [6.07, 6.45) is 2.21. The lowest BCUT2D eigenvalue weighted by Crippen LogP contribution is -2.35. The van der Waals surface area contributed by atoms with Gasteiger partial charge in [0.05, 0.1) is 5.52 Å². The molecule has 0 radical (unpaired) electrons. The van der Waals surface area contributed by atoms with Crippen LogP contribution in [-0.4, -0.2) is 21.9 Å². The number of anilines is 2. The minimum absolute atomic E-state index is 0.0661. The van der Waals surface area contributed by atoms with Gasteiger partial charge in [-0.2, -0.15) is 0 Å². The van der Waals surface area contributed by atoms with Gasteiger partial charge in [0.1, 0.15) is 22.7 Å². The fraction of sp³-hybridized carbons (Fsp3) is 0.148. The van der Waals surface area contributed by atoms with E-state index in [9.17, 15) is 23.5 Å². The third-order valence-electron chi connectivity index (χ3n) is 6.15. The van der Waals surface area contributed by atoms with Crippen LogP contribution in [0.5, 0.6) is 17.2 Å². The Balaban J connectivity index is 1.30. The first kappa shape index (κ1) is 23.2. The lowest BCUT2D eigenvalue weighted by atomic mass is 10.0. The number of ether oxygens (including phenoxy) is 1. The highest BCUT2D eigenvalue weighted by Gasteiger charge is 2.56. The number of aryl methyl sites for hydroxylation is 1. The van der Waals surface area contributed by atoms with E-state index in [4.69, 9.17) is 4.74 Å². The first-order chi connectivity index (χ1) is 17.2. The topological polar surface area (TPSA) is 101 Å². The third-order valence-corrected chi connectivity index (χ3v) is 6.15. The van der Waals surface area contributed by atoms with Gasteiger partial charge in [0.2, 0.25) is 11.8 Å². The van der Waals surface area contributed by atoms with Crippen LogP contribution in [0.1, 0.15) is 18.4 Å². The molecule has 0 atom stereocenters. The lowest BCUT2D eigenvalue weighted by molar-refractivity contribution is -0.131. The van der Waals surface area contributed by atoms with E-state index < -0.39 is 28.9 Å². The minimum atomic E-state index is -1.27. The third kappa shape index (κ3) is 4.43. The first-order valence-corrected chi connectivity index (χ1v) is 11.2. The predicted octanol–water partition coefficient (Wildman–Crippen LogP) is 5.68. The Labute approximate surface area is 204 Å². The molecular weight excluding hydrogens is 468 g/mol. The van der Waals surface area contributed by atoms with Crippen LogP contribution >= 0.6 is 0 Å². The second-order valence-electron chi connectivity index (χ2n) is 8.71. The van der Waals surface area contributed by atoms with E-state index in [0.29, 0.717) is 40.7 Å². The molecule has 0 aliphatic heterocycles. The number of aromatic hydroxyl groups is 1. The van der Waals surface area contributed by atoms with E-state index >= 15 is 0 Å². The van der Waals surface area contributed by atoms with E-state index in [1.165, 1.54) is 48.7 Å². The van der Waals surface area contributed by atoms with Crippen molar-refractivity contribution >= 4 is 34.1 Å². The molecule has 1 aliphatic carbocycles. The first-order valence-electron chi connectivity index (χ1n) is 11.2. The number of phenols is 1. The molecule has 7 nitrogen and oxygen atoms in total. The van der Waals surface area contributed by atoms with Gasteiger partial charge in [-0.25, -0.2) is 8.78 Å². The standard InChI is InChI=1S/C27H21F2N3O4/c1-15-12-21-19(14-22(15)33)23(8-11-30-21)36-24-7-6-18(13-20(24)29)32-26(35)27(9-10-27)25(34)31-17-4-2-16(28)3-5-17/h2-8,11-14,33H,9-10H2,1H3,(H,31,34)(H,32,35). The number of hydrogen-bond acceptors (Lipinski definition) is 5. The van der Waals surface area contributed by atoms with Crippen molar-refractivity contribution in [2.45, 2.75) is 19.8 Å². The van der Waals surface area contributed by atoms with Crippen LogP contribution in [0.3, 0.4) is 0 Å². The van der Waals surface area contributed by atoms with Crippen molar-refractivity contribution in [3.05, 3.63) is 84.1 Å². The molecule has 9 heteroatoms. The molecule has 1 aliphatic rings.